The standard InChI is InChI=1S/C15H24N4O/c1-2-17-15-5-3-4-13(18-15)11-19-8-6-12(7-9-19)10-14(16)20/h3-5,12H,2,6-11H2,1H3,(H2,16,20)(H,17,18). The first-order chi connectivity index (χ1) is 9.67. The van der Waals surface area contributed by atoms with Crippen LogP contribution in [0.4, 0.5) is 5.82 Å². The summed E-state index contributed by atoms with van der Waals surface area (Å²) in [4.78, 5) is 17.9. The number of rotatable bonds is 6. The van der Waals surface area contributed by atoms with Gasteiger partial charge in [-0.2, -0.15) is 0 Å². The van der Waals surface area contributed by atoms with E-state index in [-0.39, 0.29) is 5.91 Å². The fraction of sp³-hybridized carbons (Fsp3) is 0.600. The normalized spacial score (nSPS) is 17.1. The molecule has 1 aliphatic rings. The van der Waals surface area contributed by atoms with E-state index < -0.39 is 0 Å². The minimum absolute atomic E-state index is 0.177. The van der Waals surface area contributed by atoms with E-state index in [1.807, 2.05) is 12.1 Å². The van der Waals surface area contributed by atoms with E-state index in [0.29, 0.717) is 12.3 Å². The molecule has 0 radical (unpaired) electrons. The molecule has 5 heteroatoms. The topological polar surface area (TPSA) is 71.2 Å². The van der Waals surface area contributed by atoms with Crippen LogP contribution in [0.25, 0.3) is 0 Å². The number of piperidine rings is 1. The van der Waals surface area contributed by atoms with Crippen molar-refractivity contribution >= 4 is 11.7 Å². The van der Waals surface area contributed by atoms with Gasteiger partial charge in [0.25, 0.3) is 0 Å². The first-order valence-electron chi connectivity index (χ1n) is 7.38. The first-order valence-corrected chi connectivity index (χ1v) is 7.38. The van der Waals surface area contributed by atoms with Crippen molar-refractivity contribution in [3.63, 3.8) is 0 Å². The molecule has 110 valence electrons. The molecule has 5 nitrogen and oxygen atoms in total. The minimum Gasteiger partial charge on any atom is -0.370 e. The summed E-state index contributed by atoms with van der Waals surface area (Å²) >= 11 is 0. The molecule has 0 atom stereocenters. The highest BCUT2D eigenvalue weighted by molar-refractivity contribution is 5.73. The Hall–Kier alpha value is -1.62. The summed E-state index contributed by atoms with van der Waals surface area (Å²) in [6, 6.07) is 6.10. The van der Waals surface area contributed by atoms with Crippen LogP contribution in [0.2, 0.25) is 0 Å². The van der Waals surface area contributed by atoms with Gasteiger partial charge in [-0.25, -0.2) is 4.98 Å². The zero-order valence-corrected chi connectivity index (χ0v) is 12.1. The third kappa shape index (κ3) is 4.49. The van der Waals surface area contributed by atoms with Gasteiger partial charge in [-0.05, 0) is 50.9 Å². The van der Waals surface area contributed by atoms with E-state index in [2.05, 4.69) is 28.2 Å². The lowest BCUT2D eigenvalue weighted by Gasteiger charge is -2.31. The lowest BCUT2D eigenvalue weighted by molar-refractivity contribution is -0.119. The van der Waals surface area contributed by atoms with Crippen LogP contribution in [0, 0.1) is 5.92 Å². The van der Waals surface area contributed by atoms with Crippen LogP contribution in [0.5, 0.6) is 0 Å². The van der Waals surface area contributed by atoms with Crippen molar-refractivity contribution in [3.05, 3.63) is 23.9 Å². The second kappa shape index (κ2) is 7.24. The second-order valence-electron chi connectivity index (χ2n) is 5.43. The Kier molecular flexibility index (Phi) is 5.35. The van der Waals surface area contributed by atoms with Crippen LogP contribution in [-0.4, -0.2) is 35.4 Å². The van der Waals surface area contributed by atoms with E-state index in [4.69, 9.17) is 5.73 Å². The second-order valence-corrected chi connectivity index (χ2v) is 5.43. The zero-order chi connectivity index (χ0) is 14.4. The van der Waals surface area contributed by atoms with E-state index in [0.717, 1.165) is 50.5 Å². The summed E-state index contributed by atoms with van der Waals surface area (Å²) in [5, 5.41) is 3.23. The molecule has 0 saturated carbocycles. The van der Waals surface area contributed by atoms with Crippen molar-refractivity contribution in [2.75, 3.05) is 25.0 Å². The number of carbonyl (C=O) groups is 1. The number of hydrogen-bond acceptors (Lipinski definition) is 4. The van der Waals surface area contributed by atoms with Crippen LogP contribution in [0.1, 0.15) is 31.9 Å². The lowest BCUT2D eigenvalue weighted by Crippen LogP contribution is -2.34. The number of pyridine rings is 1. The highest BCUT2D eigenvalue weighted by atomic mass is 16.1. The number of nitrogens with zero attached hydrogens (tertiary/aromatic N) is 2. The molecule has 3 N–H and O–H groups in total. The minimum atomic E-state index is -0.177. The van der Waals surface area contributed by atoms with Gasteiger partial charge in [-0.3, -0.25) is 9.69 Å². The van der Waals surface area contributed by atoms with Crippen molar-refractivity contribution in [3.8, 4) is 0 Å². The number of aromatic nitrogens is 1. The Balaban J connectivity index is 1.83. The Morgan fingerprint density at radius 3 is 2.85 bits per heavy atom. The molecule has 20 heavy (non-hydrogen) atoms. The Morgan fingerprint density at radius 1 is 1.45 bits per heavy atom. The molecule has 1 aromatic rings. The summed E-state index contributed by atoms with van der Waals surface area (Å²) in [7, 11) is 0. The van der Waals surface area contributed by atoms with Crippen molar-refractivity contribution in [2.45, 2.75) is 32.7 Å². The van der Waals surface area contributed by atoms with Gasteiger partial charge in [-0.1, -0.05) is 6.07 Å². The van der Waals surface area contributed by atoms with Crippen LogP contribution >= 0.6 is 0 Å². The summed E-state index contributed by atoms with van der Waals surface area (Å²) < 4.78 is 0. The molecule has 2 heterocycles. The monoisotopic (exact) mass is 276 g/mol. The Morgan fingerprint density at radius 2 is 2.20 bits per heavy atom. The molecule has 1 aliphatic heterocycles. The number of amides is 1. The third-order valence-corrected chi connectivity index (χ3v) is 3.75. The number of nitrogens with two attached hydrogens (primary N) is 1. The summed E-state index contributed by atoms with van der Waals surface area (Å²) in [6.07, 6.45) is 2.63. The molecule has 1 saturated heterocycles. The maximum Gasteiger partial charge on any atom is 0.217 e. The van der Waals surface area contributed by atoms with Gasteiger partial charge in [0.05, 0.1) is 5.69 Å². The number of anilines is 1. The Labute approximate surface area is 120 Å². The maximum absolute atomic E-state index is 10.9. The van der Waals surface area contributed by atoms with Gasteiger partial charge < -0.3 is 11.1 Å². The van der Waals surface area contributed by atoms with Gasteiger partial charge in [0.15, 0.2) is 0 Å². The van der Waals surface area contributed by atoms with Crippen LogP contribution < -0.4 is 11.1 Å². The molecule has 0 spiro atoms. The molecule has 0 bridgehead atoms. The van der Waals surface area contributed by atoms with Crippen LogP contribution in [0.15, 0.2) is 18.2 Å². The van der Waals surface area contributed by atoms with Gasteiger partial charge in [0, 0.05) is 19.5 Å². The number of primary amides is 1. The number of likely N-dealkylation sites (tertiary alicyclic amines) is 1. The van der Waals surface area contributed by atoms with Crippen LogP contribution in [0.3, 0.4) is 0 Å². The van der Waals surface area contributed by atoms with Crippen molar-refractivity contribution in [1.82, 2.24) is 9.88 Å². The molecule has 2 rings (SSSR count). The summed E-state index contributed by atoms with van der Waals surface area (Å²) in [5.41, 5.74) is 6.35. The summed E-state index contributed by atoms with van der Waals surface area (Å²) in [6.45, 7) is 5.87. The van der Waals surface area contributed by atoms with Crippen molar-refractivity contribution < 1.29 is 4.79 Å². The largest absolute Gasteiger partial charge is 0.370 e. The summed E-state index contributed by atoms with van der Waals surface area (Å²) in [5.74, 6) is 1.22. The van der Waals surface area contributed by atoms with Crippen molar-refractivity contribution in [2.24, 2.45) is 11.7 Å². The highest BCUT2D eigenvalue weighted by Crippen LogP contribution is 2.21. The predicted octanol–water partition coefficient (Wildman–Crippen LogP) is 1.60. The fourth-order valence-electron chi connectivity index (χ4n) is 2.71. The lowest BCUT2D eigenvalue weighted by atomic mass is 9.93. The zero-order valence-electron chi connectivity index (χ0n) is 12.1. The molecular weight excluding hydrogens is 252 g/mol. The average molecular weight is 276 g/mol. The molecule has 1 aromatic heterocycles. The molecule has 1 amide bonds. The average Bonchev–Trinajstić information content (AvgIpc) is 2.41. The molecule has 0 aromatic carbocycles. The number of carbonyl (C=O) groups excluding carboxylic acids is 1. The quantitative estimate of drug-likeness (QED) is 0.828. The van der Waals surface area contributed by atoms with E-state index in [1.165, 1.54) is 0 Å². The number of hydrogen-bond donors (Lipinski definition) is 2. The predicted molar refractivity (Wildman–Crippen MR) is 80.2 cm³/mol. The molecule has 0 unspecified atom stereocenters. The fourth-order valence-corrected chi connectivity index (χ4v) is 2.71. The Bertz CT molecular complexity index is 441. The molecular formula is C15H24N4O. The molecule has 1 fully saturated rings. The van der Waals surface area contributed by atoms with Gasteiger partial charge in [0.2, 0.25) is 5.91 Å². The van der Waals surface area contributed by atoms with Gasteiger partial charge >= 0.3 is 0 Å². The van der Waals surface area contributed by atoms with Gasteiger partial charge in [0.1, 0.15) is 5.82 Å². The van der Waals surface area contributed by atoms with E-state index in [9.17, 15) is 4.79 Å². The SMILES string of the molecule is CCNc1cccc(CN2CCC(CC(N)=O)CC2)n1. The highest BCUT2D eigenvalue weighted by Gasteiger charge is 2.20. The molecule has 0 aliphatic carbocycles. The van der Waals surface area contributed by atoms with Crippen LogP contribution in [-0.2, 0) is 11.3 Å². The van der Waals surface area contributed by atoms with E-state index in [1.54, 1.807) is 0 Å². The number of nitrogens with one attached hydrogen (secondary N) is 1. The van der Waals surface area contributed by atoms with Gasteiger partial charge in [-0.15, -0.1) is 0 Å². The first kappa shape index (κ1) is 14.8. The third-order valence-electron chi connectivity index (χ3n) is 3.75. The smallest absolute Gasteiger partial charge is 0.217 e. The van der Waals surface area contributed by atoms with Crippen molar-refractivity contribution in [1.29, 1.82) is 0 Å². The van der Waals surface area contributed by atoms with E-state index >= 15 is 0 Å². The maximum atomic E-state index is 10.9.